The van der Waals surface area contributed by atoms with E-state index in [9.17, 15) is 13.2 Å². The third kappa shape index (κ3) is 2.63. The first-order chi connectivity index (χ1) is 10.7. The highest BCUT2D eigenvalue weighted by Crippen LogP contribution is 2.38. The van der Waals surface area contributed by atoms with E-state index in [0.717, 1.165) is 0 Å². The summed E-state index contributed by atoms with van der Waals surface area (Å²) >= 11 is 3.32. The standard InChI is InChI=1S/C15H16BrF3N4/c1-15(9-5-8(16)3-4-10(9)17)7-23-12(14(20)21-15)6-11(13(18)19)22(23)2/h3-6,11,13H,7H2,1-2H3,(H2,20,21). The molecule has 23 heavy (non-hydrogen) atoms. The van der Waals surface area contributed by atoms with Crippen LogP contribution in [0.2, 0.25) is 0 Å². The second-order valence-corrected chi connectivity index (χ2v) is 6.82. The Labute approximate surface area is 140 Å². The largest absolute Gasteiger partial charge is 0.382 e. The lowest BCUT2D eigenvalue weighted by molar-refractivity contribution is -0.0378. The van der Waals surface area contributed by atoms with Crippen molar-refractivity contribution in [2.75, 3.05) is 13.6 Å². The Kier molecular flexibility index (Phi) is 3.92. The third-order valence-corrected chi connectivity index (χ3v) is 4.77. The number of nitrogens with zero attached hydrogens (tertiary/aromatic N) is 3. The van der Waals surface area contributed by atoms with E-state index >= 15 is 0 Å². The van der Waals surface area contributed by atoms with Crippen LogP contribution in [0.15, 0.2) is 39.4 Å². The highest BCUT2D eigenvalue weighted by molar-refractivity contribution is 9.10. The summed E-state index contributed by atoms with van der Waals surface area (Å²) in [6, 6.07) is 3.52. The lowest BCUT2D eigenvalue weighted by Gasteiger charge is -2.41. The molecule has 0 aromatic heterocycles. The zero-order chi connectivity index (χ0) is 16.9. The summed E-state index contributed by atoms with van der Waals surface area (Å²) in [5, 5.41) is 3.06. The minimum Gasteiger partial charge on any atom is -0.382 e. The molecule has 124 valence electrons. The Balaban J connectivity index is 2.04. The maximum absolute atomic E-state index is 14.3. The molecule has 0 spiro atoms. The quantitative estimate of drug-likeness (QED) is 0.846. The fourth-order valence-corrected chi connectivity index (χ4v) is 3.40. The van der Waals surface area contributed by atoms with Gasteiger partial charge >= 0.3 is 0 Å². The first kappa shape index (κ1) is 16.3. The number of likely N-dealkylation sites (N-methyl/N-ethyl adjacent to an activating group) is 1. The molecule has 0 bridgehead atoms. The van der Waals surface area contributed by atoms with Gasteiger partial charge in [-0.1, -0.05) is 15.9 Å². The van der Waals surface area contributed by atoms with Crippen LogP contribution >= 0.6 is 15.9 Å². The molecule has 2 N–H and O–H groups in total. The molecule has 3 rings (SSSR count). The molecule has 2 atom stereocenters. The van der Waals surface area contributed by atoms with Crippen molar-refractivity contribution in [2.24, 2.45) is 10.7 Å². The monoisotopic (exact) mass is 388 g/mol. The van der Waals surface area contributed by atoms with E-state index < -0.39 is 23.8 Å². The molecule has 0 saturated heterocycles. The number of amidine groups is 1. The first-order valence-electron chi connectivity index (χ1n) is 7.04. The van der Waals surface area contributed by atoms with Crippen LogP contribution in [0.25, 0.3) is 0 Å². The molecule has 0 fully saturated rings. The lowest BCUT2D eigenvalue weighted by atomic mass is 9.90. The van der Waals surface area contributed by atoms with Crippen molar-refractivity contribution in [3.8, 4) is 0 Å². The minimum atomic E-state index is -2.54. The smallest absolute Gasteiger partial charge is 0.259 e. The lowest BCUT2D eigenvalue weighted by Crippen LogP contribution is -2.52. The number of nitrogens with two attached hydrogens (primary N) is 1. The molecule has 2 aliphatic rings. The van der Waals surface area contributed by atoms with Crippen molar-refractivity contribution in [1.82, 2.24) is 10.0 Å². The Bertz CT molecular complexity index is 706. The van der Waals surface area contributed by atoms with Gasteiger partial charge in [-0.05, 0) is 31.2 Å². The number of hydrogen-bond donors (Lipinski definition) is 1. The highest BCUT2D eigenvalue weighted by atomic mass is 79.9. The minimum absolute atomic E-state index is 0.133. The maximum atomic E-state index is 14.3. The first-order valence-corrected chi connectivity index (χ1v) is 7.84. The Morgan fingerprint density at radius 2 is 2.13 bits per heavy atom. The van der Waals surface area contributed by atoms with Crippen molar-refractivity contribution in [2.45, 2.75) is 24.9 Å². The van der Waals surface area contributed by atoms with Crippen LogP contribution in [0.5, 0.6) is 0 Å². The molecule has 2 heterocycles. The van der Waals surface area contributed by atoms with Crippen LogP contribution < -0.4 is 5.73 Å². The van der Waals surface area contributed by atoms with Crippen LogP contribution in [-0.2, 0) is 5.54 Å². The third-order valence-electron chi connectivity index (χ3n) is 4.27. The van der Waals surface area contributed by atoms with Crippen LogP contribution in [0.1, 0.15) is 12.5 Å². The van der Waals surface area contributed by atoms with E-state index in [1.54, 1.807) is 31.1 Å². The predicted octanol–water partition coefficient (Wildman–Crippen LogP) is 2.85. The van der Waals surface area contributed by atoms with Crippen molar-refractivity contribution in [1.29, 1.82) is 0 Å². The van der Waals surface area contributed by atoms with Crippen molar-refractivity contribution in [3.05, 3.63) is 45.8 Å². The van der Waals surface area contributed by atoms with Crippen LogP contribution in [0, 0.1) is 5.82 Å². The van der Waals surface area contributed by atoms with Gasteiger partial charge in [0.2, 0.25) is 0 Å². The summed E-state index contributed by atoms with van der Waals surface area (Å²) in [5.41, 5.74) is 5.82. The summed E-state index contributed by atoms with van der Waals surface area (Å²) in [6.07, 6.45) is -1.14. The normalized spacial score (nSPS) is 28.0. The Hall–Kier alpha value is -1.54. The predicted molar refractivity (Wildman–Crippen MR) is 85.4 cm³/mol. The SMILES string of the molecule is CN1C(C(F)F)C=C2C(N)=NC(C)(c3cc(Br)ccc3F)CN21. The van der Waals surface area contributed by atoms with Crippen LogP contribution in [0.3, 0.4) is 0 Å². The van der Waals surface area contributed by atoms with E-state index in [-0.39, 0.29) is 12.4 Å². The molecule has 1 aromatic rings. The second-order valence-electron chi connectivity index (χ2n) is 5.90. The van der Waals surface area contributed by atoms with Gasteiger partial charge < -0.3 is 5.73 Å². The van der Waals surface area contributed by atoms with Gasteiger partial charge in [0, 0.05) is 17.1 Å². The molecule has 0 radical (unpaired) electrons. The molecule has 0 saturated carbocycles. The van der Waals surface area contributed by atoms with E-state index in [0.29, 0.717) is 15.7 Å². The number of rotatable bonds is 2. The topological polar surface area (TPSA) is 44.9 Å². The number of hydrogen-bond acceptors (Lipinski definition) is 4. The summed E-state index contributed by atoms with van der Waals surface area (Å²) in [4.78, 5) is 4.41. The summed E-state index contributed by atoms with van der Waals surface area (Å²) in [6.45, 7) is 1.97. The number of alkyl halides is 2. The van der Waals surface area contributed by atoms with Crippen LogP contribution in [-0.4, -0.2) is 41.9 Å². The van der Waals surface area contributed by atoms with Gasteiger partial charge in [0.05, 0.1) is 12.2 Å². The fourth-order valence-electron chi connectivity index (χ4n) is 3.04. The average Bonchev–Trinajstić information content (AvgIpc) is 2.79. The molecule has 0 amide bonds. The Morgan fingerprint density at radius 1 is 1.43 bits per heavy atom. The Morgan fingerprint density at radius 3 is 2.78 bits per heavy atom. The molecule has 2 unspecified atom stereocenters. The van der Waals surface area contributed by atoms with E-state index in [1.165, 1.54) is 17.2 Å². The molecular formula is C15H16BrF3N4. The summed E-state index contributed by atoms with van der Waals surface area (Å²) in [5.74, 6) is -0.278. The number of halogens is 4. The van der Waals surface area contributed by atoms with Gasteiger partial charge in [-0.3, -0.25) is 10.0 Å². The van der Waals surface area contributed by atoms with Crippen molar-refractivity contribution in [3.63, 3.8) is 0 Å². The molecular weight excluding hydrogens is 373 g/mol. The number of aliphatic imine (C=N–C) groups is 1. The average molecular weight is 389 g/mol. The fraction of sp³-hybridized carbons (Fsp3) is 0.400. The van der Waals surface area contributed by atoms with Gasteiger partial charge in [-0.15, -0.1) is 0 Å². The van der Waals surface area contributed by atoms with Crippen LogP contribution in [0.4, 0.5) is 13.2 Å². The van der Waals surface area contributed by atoms with E-state index in [1.807, 2.05) is 0 Å². The summed E-state index contributed by atoms with van der Waals surface area (Å²) < 4.78 is 41.2. The summed E-state index contributed by atoms with van der Waals surface area (Å²) in [7, 11) is 1.57. The number of hydrazine groups is 1. The zero-order valence-corrected chi connectivity index (χ0v) is 14.2. The second kappa shape index (κ2) is 5.52. The zero-order valence-electron chi connectivity index (χ0n) is 12.6. The molecule has 2 aliphatic heterocycles. The number of benzene rings is 1. The molecule has 4 nitrogen and oxygen atoms in total. The van der Waals surface area contributed by atoms with Gasteiger partial charge in [0.15, 0.2) is 0 Å². The molecule has 0 aliphatic carbocycles. The van der Waals surface area contributed by atoms with E-state index in [2.05, 4.69) is 20.9 Å². The van der Waals surface area contributed by atoms with Gasteiger partial charge in [0.25, 0.3) is 6.43 Å². The van der Waals surface area contributed by atoms with E-state index in [4.69, 9.17) is 5.73 Å². The highest BCUT2D eigenvalue weighted by Gasteiger charge is 2.44. The number of fused-ring (bicyclic) bond motifs is 1. The molecule has 8 heteroatoms. The van der Waals surface area contributed by atoms with Gasteiger partial charge in [-0.2, -0.15) is 0 Å². The van der Waals surface area contributed by atoms with Crippen molar-refractivity contribution >= 4 is 21.8 Å². The van der Waals surface area contributed by atoms with Crippen molar-refractivity contribution < 1.29 is 13.2 Å². The van der Waals surface area contributed by atoms with Gasteiger partial charge in [0.1, 0.15) is 23.2 Å². The van der Waals surface area contributed by atoms with Gasteiger partial charge in [-0.25, -0.2) is 18.2 Å². The molecule has 1 aromatic carbocycles. The maximum Gasteiger partial charge on any atom is 0.259 e.